The van der Waals surface area contributed by atoms with E-state index in [-0.39, 0.29) is 12.5 Å². The van der Waals surface area contributed by atoms with Crippen molar-refractivity contribution >= 4 is 6.29 Å². The van der Waals surface area contributed by atoms with E-state index in [9.17, 15) is 9.90 Å². The standard InChI is InChI=1S/C8H13NO2/c1-8(11,4-6-10)7-3-2-5-9-7/h2-3,6-7,9,11H,4-5H2,1H3. The van der Waals surface area contributed by atoms with Crippen molar-refractivity contribution in [2.45, 2.75) is 25.0 Å². The predicted molar refractivity (Wildman–Crippen MR) is 42.2 cm³/mol. The summed E-state index contributed by atoms with van der Waals surface area (Å²) in [5.74, 6) is 0. The molecule has 0 fully saturated rings. The van der Waals surface area contributed by atoms with E-state index in [1.165, 1.54) is 0 Å². The van der Waals surface area contributed by atoms with Crippen molar-refractivity contribution in [3.8, 4) is 0 Å². The minimum atomic E-state index is -0.936. The molecule has 0 saturated heterocycles. The second-order valence-corrected chi connectivity index (χ2v) is 3.04. The lowest BCUT2D eigenvalue weighted by atomic mass is 9.94. The smallest absolute Gasteiger partial charge is 0.122 e. The van der Waals surface area contributed by atoms with Crippen LogP contribution in [0, 0.1) is 0 Å². The number of nitrogens with one attached hydrogen (secondary N) is 1. The molecule has 0 radical (unpaired) electrons. The van der Waals surface area contributed by atoms with E-state index in [1.807, 2.05) is 12.2 Å². The zero-order chi connectivity index (χ0) is 8.32. The zero-order valence-corrected chi connectivity index (χ0v) is 6.58. The summed E-state index contributed by atoms with van der Waals surface area (Å²) in [5.41, 5.74) is -0.936. The maximum Gasteiger partial charge on any atom is 0.122 e. The minimum absolute atomic E-state index is 0.0762. The van der Waals surface area contributed by atoms with Crippen LogP contribution in [0.5, 0.6) is 0 Å². The Kier molecular flexibility index (Phi) is 2.42. The van der Waals surface area contributed by atoms with Crippen LogP contribution in [-0.4, -0.2) is 29.6 Å². The fourth-order valence-electron chi connectivity index (χ4n) is 1.19. The largest absolute Gasteiger partial charge is 0.388 e. The van der Waals surface area contributed by atoms with Crippen molar-refractivity contribution in [3.05, 3.63) is 12.2 Å². The van der Waals surface area contributed by atoms with Gasteiger partial charge in [0.25, 0.3) is 0 Å². The summed E-state index contributed by atoms with van der Waals surface area (Å²) in [6.45, 7) is 2.44. The monoisotopic (exact) mass is 155 g/mol. The molecule has 62 valence electrons. The normalized spacial score (nSPS) is 28.4. The molecule has 0 aromatic heterocycles. The van der Waals surface area contributed by atoms with Crippen LogP contribution >= 0.6 is 0 Å². The third-order valence-electron chi connectivity index (χ3n) is 1.95. The number of carbonyl (C=O) groups is 1. The third kappa shape index (κ3) is 1.88. The van der Waals surface area contributed by atoms with E-state index in [0.717, 1.165) is 12.8 Å². The molecule has 0 aromatic rings. The van der Waals surface area contributed by atoms with Crippen molar-refractivity contribution in [1.82, 2.24) is 5.32 Å². The van der Waals surface area contributed by atoms with Gasteiger partial charge in [-0.2, -0.15) is 0 Å². The van der Waals surface area contributed by atoms with Crippen LogP contribution in [0.25, 0.3) is 0 Å². The Morgan fingerprint density at radius 1 is 1.91 bits per heavy atom. The van der Waals surface area contributed by atoms with Crippen molar-refractivity contribution in [1.29, 1.82) is 0 Å². The molecular weight excluding hydrogens is 142 g/mol. The molecule has 0 bridgehead atoms. The quantitative estimate of drug-likeness (QED) is 0.440. The Balaban J connectivity index is 2.55. The number of hydrogen-bond acceptors (Lipinski definition) is 3. The van der Waals surface area contributed by atoms with Gasteiger partial charge < -0.3 is 15.2 Å². The first kappa shape index (κ1) is 8.43. The Morgan fingerprint density at radius 3 is 3.09 bits per heavy atom. The second-order valence-electron chi connectivity index (χ2n) is 3.04. The summed E-state index contributed by atoms with van der Waals surface area (Å²) in [5, 5.41) is 12.7. The van der Waals surface area contributed by atoms with Gasteiger partial charge in [-0.15, -0.1) is 0 Å². The summed E-state index contributed by atoms with van der Waals surface area (Å²) >= 11 is 0. The molecule has 1 aliphatic rings. The molecule has 3 heteroatoms. The summed E-state index contributed by atoms with van der Waals surface area (Å²) in [6, 6.07) is -0.0762. The van der Waals surface area contributed by atoms with Crippen LogP contribution in [0.1, 0.15) is 13.3 Å². The van der Waals surface area contributed by atoms with Crippen LogP contribution < -0.4 is 5.32 Å². The van der Waals surface area contributed by atoms with Gasteiger partial charge in [-0.25, -0.2) is 0 Å². The van der Waals surface area contributed by atoms with Gasteiger partial charge in [-0.1, -0.05) is 12.2 Å². The van der Waals surface area contributed by atoms with Crippen molar-refractivity contribution in [2.24, 2.45) is 0 Å². The molecule has 0 aromatic carbocycles. The van der Waals surface area contributed by atoms with Crippen LogP contribution in [0.4, 0.5) is 0 Å². The Hall–Kier alpha value is -0.670. The van der Waals surface area contributed by atoms with Crippen LogP contribution in [-0.2, 0) is 4.79 Å². The molecule has 1 heterocycles. The van der Waals surface area contributed by atoms with Gasteiger partial charge in [0, 0.05) is 13.0 Å². The maximum absolute atomic E-state index is 10.2. The average Bonchev–Trinajstić information content (AvgIpc) is 2.37. The van der Waals surface area contributed by atoms with Crippen LogP contribution in [0.3, 0.4) is 0 Å². The minimum Gasteiger partial charge on any atom is -0.388 e. The van der Waals surface area contributed by atoms with Crippen molar-refractivity contribution in [3.63, 3.8) is 0 Å². The summed E-state index contributed by atoms with van der Waals surface area (Å²) in [4.78, 5) is 10.2. The topological polar surface area (TPSA) is 49.3 Å². The molecule has 2 atom stereocenters. The zero-order valence-electron chi connectivity index (χ0n) is 6.58. The molecule has 2 unspecified atom stereocenters. The van der Waals surface area contributed by atoms with Gasteiger partial charge in [0.2, 0.25) is 0 Å². The molecule has 1 aliphatic heterocycles. The van der Waals surface area contributed by atoms with Crippen LogP contribution in [0.2, 0.25) is 0 Å². The molecule has 0 aliphatic carbocycles. The van der Waals surface area contributed by atoms with Gasteiger partial charge >= 0.3 is 0 Å². The fourth-order valence-corrected chi connectivity index (χ4v) is 1.19. The first-order valence-electron chi connectivity index (χ1n) is 3.73. The van der Waals surface area contributed by atoms with Gasteiger partial charge in [0.1, 0.15) is 6.29 Å². The number of carbonyl (C=O) groups excluding carboxylic acids is 1. The molecular formula is C8H13NO2. The molecule has 0 spiro atoms. The Labute approximate surface area is 66.1 Å². The third-order valence-corrected chi connectivity index (χ3v) is 1.95. The highest BCUT2D eigenvalue weighted by Gasteiger charge is 2.30. The van der Waals surface area contributed by atoms with E-state index >= 15 is 0 Å². The Bertz CT molecular complexity index is 175. The van der Waals surface area contributed by atoms with Crippen molar-refractivity contribution in [2.75, 3.05) is 6.54 Å². The molecule has 1 rings (SSSR count). The van der Waals surface area contributed by atoms with E-state index in [1.54, 1.807) is 6.92 Å². The number of aldehydes is 1. The second kappa shape index (κ2) is 3.15. The Morgan fingerprint density at radius 2 is 2.64 bits per heavy atom. The summed E-state index contributed by atoms with van der Waals surface area (Å²) < 4.78 is 0. The average molecular weight is 155 g/mol. The van der Waals surface area contributed by atoms with E-state index in [0.29, 0.717) is 0 Å². The maximum atomic E-state index is 10.2. The van der Waals surface area contributed by atoms with Gasteiger partial charge in [0.05, 0.1) is 11.6 Å². The molecule has 2 N–H and O–H groups in total. The van der Waals surface area contributed by atoms with E-state index < -0.39 is 5.60 Å². The highest BCUT2D eigenvalue weighted by molar-refractivity contribution is 5.51. The molecule has 3 nitrogen and oxygen atoms in total. The lowest BCUT2D eigenvalue weighted by Crippen LogP contribution is -2.45. The number of rotatable bonds is 3. The molecule has 0 saturated carbocycles. The van der Waals surface area contributed by atoms with Crippen LogP contribution in [0.15, 0.2) is 12.2 Å². The first-order valence-corrected chi connectivity index (χ1v) is 3.73. The predicted octanol–water partition coefficient (Wildman–Crippen LogP) is -0.146. The van der Waals surface area contributed by atoms with Gasteiger partial charge in [0.15, 0.2) is 0 Å². The summed E-state index contributed by atoms with van der Waals surface area (Å²) in [7, 11) is 0. The highest BCUT2D eigenvalue weighted by Crippen LogP contribution is 2.16. The van der Waals surface area contributed by atoms with E-state index in [2.05, 4.69) is 5.32 Å². The van der Waals surface area contributed by atoms with Gasteiger partial charge in [-0.05, 0) is 6.92 Å². The van der Waals surface area contributed by atoms with Gasteiger partial charge in [-0.3, -0.25) is 0 Å². The molecule has 11 heavy (non-hydrogen) atoms. The van der Waals surface area contributed by atoms with Crippen molar-refractivity contribution < 1.29 is 9.90 Å². The number of aliphatic hydroxyl groups is 1. The number of hydrogen-bond donors (Lipinski definition) is 2. The lowest BCUT2D eigenvalue weighted by Gasteiger charge is -2.26. The first-order chi connectivity index (χ1) is 5.17. The lowest BCUT2D eigenvalue weighted by molar-refractivity contribution is -0.112. The fraction of sp³-hybridized carbons (Fsp3) is 0.625. The molecule has 0 amide bonds. The van der Waals surface area contributed by atoms with E-state index in [4.69, 9.17) is 0 Å². The summed E-state index contributed by atoms with van der Waals surface area (Å²) in [6.07, 6.45) is 4.76. The highest BCUT2D eigenvalue weighted by atomic mass is 16.3. The SMILES string of the molecule is CC(O)(CC=O)C1C=CCN1.